The van der Waals surface area contributed by atoms with Crippen molar-refractivity contribution >= 4 is 25.7 Å². The van der Waals surface area contributed by atoms with Crippen molar-refractivity contribution in [2.75, 3.05) is 0 Å². The van der Waals surface area contributed by atoms with Gasteiger partial charge in [-0.2, -0.15) is 0 Å². The summed E-state index contributed by atoms with van der Waals surface area (Å²) in [6.45, 7) is 0. The van der Waals surface area contributed by atoms with Crippen LogP contribution in [0.3, 0.4) is 0 Å². The molecule has 0 radical (unpaired) electrons. The summed E-state index contributed by atoms with van der Waals surface area (Å²) >= 11 is 0.306. The Balaban J connectivity index is 2.11. The third kappa shape index (κ3) is 2.96. The minimum absolute atomic E-state index is 0.00907. The standard InChI is InChI=1S/C14H18OSe/c15-12-14(10-6-1-2-7-11-14)16-13-8-4-3-5-9-13/h3-5,8-9,12H,1-2,6-7,10-11H2. The quantitative estimate of drug-likeness (QED) is 0.473. The first-order valence-electron chi connectivity index (χ1n) is 6.05. The third-order valence-electron chi connectivity index (χ3n) is 3.23. The number of rotatable bonds is 3. The normalized spacial score (nSPS) is 20.0. The average molecular weight is 281 g/mol. The molecule has 1 aromatic rings. The molecule has 0 spiro atoms. The van der Waals surface area contributed by atoms with Gasteiger partial charge in [-0.25, -0.2) is 0 Å². The molecule has 0 atom stereocenters. The van der Waals surface area contributed by atoms with Gasteiger partial charge >= 0.3 is 104 Å². The molecule has 1 fully saturated rings. The van der Waals surface area contributed by atoms with E-state index in [1.54, 1.807) is 0 Å². The molecule has 0 N–H and O–H groups in total. The number of carbonyl (C=O) groups is 1. The molecule has 1 aromatic carbocycles. The molecule has 1 aliphatic rings. The van der Waals surface area contributed by atoms with E-state index in [-0.39, 0.29) is 4.31 Å². The second-order valence-electron chi connectivity index (χ2n) is 4.51. The molecule has 0 saturated heterocycles. The summed E-state index contributed by atoms with van der Waals surface area (Å²) in [5, 5.41) is 0. The Morgan fingerprint density at radius 2 is 1.62 bits per heavy atom. The number of carbonyl (C=O) groups excluding carboxylic acids is 1. The van der Waals surface area contributed by atoms with Crippen molar-refractivity contribution in [3.8, 4) is 0 Å². The zero-order chi connectivity index (χ0) is 11.3. The molecule has 0 amide bonds. The molecule has 86 valence electrons. The number of benzene rings is 1. The Bertz CT molecular complexity index is 326. The molecule has 2 heteroatoms. The van der Waals surface area contributed by atoms with Crippen LogP contribution in [-0.2, 0) is 4.79 Å². The second-order valence-corrected chi connectivity index (χ2v) is 7.64. The maximum atomic E-state index is 11.5. The van der Waals surface area contributed by atoms with Crippen LogP contribution < -0.4 is 4.46 Å². The molecule has 0 heterocycles. The van der Waals surface area contributed by atoms with Gasteiger partial charge < -0.3 is 0 Å². The summed E-state index contributed by atoms with van der Waals surface area (Å²) in [7, 11) is 0. The molecule has 1 aliphatic carbocycles. The Hall–Kier alpha value is -0.591. The summed E-state index contributed by atoms with van der Waals surface area (Å²) in [5.41, 5.74) is 0. The molecule has 1 saturated carbocycles. The molecule has 0 unspecified atom stereocenters. The fourth-order valence-electron chi connectivity index (χ4n) is 2.29. The van der Waals surface area contributed by atoms with Gasteiger partial charge in [0.2, 0.25) is 0 Å². The molecule has 0 aromatic heterocycles. The molecule has 0 bridgehead atoms. The SMILES string of the molecule is O=CC1([Se]c2ccccc2)CCCCCC1. The predicted octanol–water partition coefficient (Wildman–Crippen LogP) is 2.73. The van der Waals surface area contributed by atoms with E-state index >= 15 is 0 Å². The van der Waals surface area contributed by atoms with Crippen LogP contribution in [0.2, 0.25) is 4.31 Å². The average Bonchev–Trinajstić information content (AvgIpc) is 2.57. The summed E-state index contributed by atoms with van der Waals surface area (Å²) < 4.78 is 1.36. The van der Waals surface area contributed by atoms with Crippen LogP contribution in [0, 0.1) is 0 Å². The first kappa shape index (κ1) is 11.9. The van der Waals surface area contributed by atoms with E-state index in [1.165, 1.54) is 36.4 Å². The Kier molecular flexibility index (Phi) is 4.20. The fourth-order valence-corrected chi connectivity index (χ4v) is 5.03. The molecular weight excluding hydrogens is 263 g/mol. The summed E-state index contributed by atoms with van der Waals surface area (Å²) in [5.74, 6) is 0. The number of aldehydes is 1. The van der Waals surface area contributed by atoms with Gasteiger partial charge in [-0.15, -0.1) is 0 Å². The van der Waals surface area contributed by atoms with Gasteiger partial charge in [-0.3, -0.25) is 0 Å². The fraction of sp³-hybridized carbons (Fsp3) is 0.500. The molecular formula is C14H18OSe. The first-order valence-corrected chi connectivity index (χ1v) is 7.76. The van der Waals surface area contributed by atoms with Crippen LogP contribution in [0.15, 0.2) is 30.3 Å². The molecule has 1 nitrogen and oxygen atoms in total. The van der Waals surface area contributed by atoms with Crippen LogP contribution in [0.5, 0.6) is 0 Å². The van der Waals surface area contributed by atoms with Crippen LogP contribution in [0.4, 0.5) is 0 Å². The Morgan fingerprint density at radius 1 is 1.00 bits per heavy atom. The van der Waals surface area contributed by atoms with Crippen molar-refractivity contribution in [2.24, 2.45) is 0 Å². The Morgan fingerprint density at radius 3 is 2.19 bits per heavy atom. The summed E-state index contributed by atoms with van der Waals surface area (Å²) in [6.07, 6.45) is 8.53. The number of hydrogen-bond acceptors (Lipinski definition) is 1. The van der Waals surface area contributed by atoms with E-state index < -0.39 is 0 Å². The van der Waals surface area contributed by atoms with Gasteiger partial charge in [0.1, 0.15) is 0 Å². The molecule has 0 aliphatic heterocycles. The maximum absolute atomic E-state index is 11.5. The Labute approximate surface area is 104 Å². The zero-order valence-electron chi connectivity index (χ0n) is 9.52. The van der Waals surface area contributed by atoms with Gasteiger partial charge in [0.05, 0.1) is 0 Å². The van der Waals surface area contributed by atoms with Crippen LogP contribution in [0.25, 0.3) is 0 Å². The van der Waals surface area contributed by atoms with Crippen LogP contribution in [0.1, 0.15) is 38.5 Å². The zero-order valence-corrected chi connectivity index (χ0v) is 11.2. The summed E-state index contributed by atoms with van der Waals surface area (Å²) in [6, 6.07) is 10.5. The predicted molar refractivity (Wildman–Crippen MR) is 68.3 cm³/mol. The van der Waals surface area contributed by atoms with Crippen molar-refractivity contribution in [2.45, 2.75) is 42.8 Å². The van der Waals surface area contributed by atoms with Gasteiger partial charge in [0, 0.05) is 0 Å². The first-order chi connectivity index (χ1) is 7.85. The van der Waals surface area contributed by atoms with Crippen molar-refractivity contribution in [3.05, 3.63) is 30.3 Å². The topological polar surface area (TPSA) is 17.1 Å². The van der Waals surface area contributed by atoms with Gasteiger partial charge in [-0.1, -0.05) is 0 Å². The summed E-state index contributed by atoms with van der Waals surface area (Å²) in [4.78, 5) is 11.5. The van der Waals surface area contributed by atoms with E-state index in [4.69, 9.17) is 0 Å². The monoisotopic (exact) mass is 282 g/mol. The van der Waals surface area contributed by atoms with E-state index in [1.807, 2.05) is 6.07 Å². The van der Waals surface area contributed by atoms with Crippen molar-refractivity contribution in [1.82, 2.24) is 0 Å². The van der Waals surface area contributed by atoms with Crippen LogP contribution >= 0.6 is 0 Å². The van der Waals surface area contributed by atoms with E-state index in [2.05, 4.69) is 24.3 Å². The van der Waals surface area contributed by atoms with Gasteiger partial charge in [0.15, 0.2) is 0 Å². The van der Waals surface area contributed by atoms with E-state index in [9.17, 15) is 4.79 Å². The molecule has 2 rings (SSSR count). The van der Waals surface area contributed by atoms with Gasteiger partial charge in [-0.05, 0) is 0 Å². The van der Waals surface area contributed by atoms with Crippen molar-refractivity contribution in [1.29, 1.82) is 0 Å². The molecule has 16 heavy (non-hydrogen) atoms. The van der Waals surface area contributed by atoms with E-state index in [0.29, 0.717) is 15.0 Å². The van der Waals surface area contributed by atoms with Crippen molar-refractivity contribution in [3.63, 3.8) is 0 Å². The van der Waals surface area contributed by atoms with Crippen LogP contribution in [-0.4, -0.2) is 21.2 Å². The van der Waals surface area contributed by atoms with Gasteiger partial charge in [0.25, 0.3) is 0 Å². The number of hydrogen-bond donors (Lipinski definition) is 0. The third-order valence-corrected chi connectivity index (χ3v) is 6.21. The minimum atomic E-state index is -0.00907. The second kappa shape index (κ2) is 5.65. The van der Waals surface area contributed by atoms with E-state index in [0.717, 1.165) is 12.8 Å². The van der Waals surface area contributed by atoms with Crippen molar-refractivity contribution < 1.29 is 4.79 Å².